The Morgan fingerprint density at radius 2 is 1.79 bits per heavy atom. The maximum absolute atomic E-state index is 10.7. The molecule has 0 aliphatic carbocycles. The second-order valence-corrected chi connectivity index (χ2v) is 5.41. The van der Waals surface area contributed by atoms with E-state index in [1.165, 1.54) is 6.92 Å². The van der Waals surface area contributed by atoms with Gasteiger partial charge in [0.1, 0.15) is 0 Å². The van der Waals surface area contributed by atoms with Crippen LogP contribution in [-0.4, -0.2) is 39.2 Å². The van der Waals surface area contributed by atoms with Gasteiger partial charge < -0.3 is 8.92 Å². The summed E-state index contributed by atoms with van der Waals surface area (Å²) >= 11 is 0. The van der Waals surface area contributed by atoms with Gasteiger partial charge in [-0.1, -0.05) is 0 Å². The highest BCUT2D eigenvalue weighted by molar-refractivity contribution is 8.03. The van der Waals surface area contributed by atoms with E-state index in [9.17, 15) is 21.6 Å². The summed E-state index contributed by atoms with van der Waals surface area (Å²) in [6, 6.07) is 0. The molecule has 84 valence electrons. The van der Waals surface area contributed by atoms with Crippen LogP contribution in [0.25, 0.3) is 0 Å². The van der Waals surface area contributed by atoms with Crippen LogP contribution in [0.3, 0.4) is 0 Å². The Morgan fingerprint density at radius 3 is 2.14 bits per heavy atom. The van der Waals surface area contributed by atoms with Crippen molar-refractivity contribution in [2.24, 2.45) is 0 Å². The summed E-state index contributed by atoms with van der Waals surface area (Å²) in [5.74, 6) is 0. The van der Waals surface area contributed by atoms with Gasteiger partial charge in [-0.25, -0.2) is 4.79 Å². The van der Waals surface area contributed by atoms with E-state index in [4.69, 9.17) is 4.55 Å². The summed E-state index contributed by atoms with van der Waals surface area (Å²) in [7, 11) is -9.44. The molecule has 0 fully saturated rings. The van der Waals surface area contributed by atoms with Crippen LogP contribution in [0.5, 0.6) is 0 Å². The molecule has 0 heterocycles. The Bertz CT molecular complexity index is 389. The monoisotopic (exact) mass is 248 g/mol. The van der Waals surface area contributed by atoms with Crippen LogP contribution >= 0.6 is 0 Å². The minimum atomic E-state index is -4.76. The van der Waals surface area contributed by atoms with Gasteiger partial charge in [0.05, 0.1) is 6.61 Å². The molecule has 0 rings (SSSR count). The van der Waals surface area contributed by atoms with E-state index in [-0.39, 0.29) is 6.61 Å². The molecule has 0 radical (unpaired) electrons. The highest BCUT2D eigenvalue weighted by Gasteiger charge is 2.25. The zero-order chi connectivity index (χ0) is 11.4. The maximum atomic E-state index is 10.7. The lowest BCUT2D eigenvalue weighted by Gasteiger charge is -2.02. The van der Waals surface area contributed by atoms with Gasteiger partial charge in [-0.15, -0.1) is 0 Å². The summed E-state index contributed by atoms with van der Waals surface area (Å²) in [6.07, 6.45) is -1.55. The van der Waals surface area contributed by atoms with Crippen molar-refractivity contribution in [3.05, 3.63) is 0 Å². The van der Waals surface area contributed by atoms with Crippen LogP contribution in [-0.2, 0) is 29.2 Å². The molecule has 0 aliphatic rings. The average molecular weight is 248 g/mol. The predicted octanol–water partition coefficient (Wildman–Crippen LogP) is -0.665. The fraction of sp³-hybridized carbons (Fsp3) is 0.750. The first-order chi connectivity index (χ1) is 6.16. The standard InChI is InChI=1S/C4H8O8S2/c1-2-11-4(5)12-14(9,10)3-13(6,7)8/h2-3H2,1H3,(H,6,7,8). The lowest BCUT2D eigenvalue weighted by Crippen LogP contribution is -2.21. The van der Waals surface area contributed by atoms with E-state index in [1.807, 2.05) is 0 Å². The van der Waals surface area contributed by atoms with Gasteiger partial charge in [-0.2, -0.15) is 16.8 Å². The third kappa shape index (κ3) is 6.62. The molecule has 0 bridgehead atoms. The fourth-order valence-corrected chi connectivity index (χ4v) is 2.36. The highest BCUT2D eigenvalue weighted by atomic mass is 32.3. The van der Waals surface area contributed by atoms with Crippen molar-refractivity contribution >= 4 is 26.4 Å². The summed E-state index contributed by atoms with van der Waals surface area (Å²) in [5, 5.41) is -1.70. The van der Waals surface area contributed by atoms with Crippen LogP contribution in [0, 0.1) is 0 Å². The van der Waals surface area contributed by atoms with Crippen molar-refractivity contribution < 1.29 is 35.1 Å². The largest absolute Gasteiger partial charge is 0.524 e. The number of hydrogen-bond donors (Lipinski definition) is 1. The molecule has 0 aromatic rings. The third-order valence-electron chi connectivity index (χ3n) is 0.750. The van der Waals surface area contributed by atoms with Crippen molar-refractivity contribution in [2.75, 3.05) is 11.7 Å². The summed E-state index contributed by atoms with van der Waals surface area (Å²) in [5.41, 5.74) is 0. The van der Waals surface area contributed by atoms with Gasteiger partial charge in [-0.3, -0.25) is 4.55 Å². The molecule has 0 spiro atoms. The summed E-state index contributed by atoms with van der Waals surface area (Å²) < 4.78 is 57.5. The van der Waals surface area contributed by atoms with Crippen molar-refractivity contribution in [1.29, 1.82) is 0 Å². The molecule has 0 amide bonds. The van der Waals surface area contributed by atoms with Gasteiger partial charge in [0.15, 0.2) is 0 Å². The minimum Gasteiger partial charge on any atom is -0.434 e. The van der Waals surface area contributed by atoms with Crippen LogP contribution in [0.15, 0.2) is 0 Å². The van der Waals surface area contributed by atoms with Crippen molar-refractivity contribution in [3.8, 4) is 0 Å². The Labute approximate surface area is 80.7 Å². The molecule has 0 atom stereocenters. The van der Waals surface area contributed by atoms with Crippen molar-refractivity contribution in [2.45, 2.75) is 6.92 Å². The summed E-state index contributed by atoms with van der Waals surface area (Å²) in [4.78, 5) is 10.4. The quantitative estimate of drug-likeness (QED) is 0.394. The van der Waals surface area contributed by atoms with E-state index < -0.39 is 31.5 Å². The Kier molecular flexibility index (Phi) is 4.29. The molecule has 0 unspecified atom stereocenters. The lowest BCUT2D eigenvalue weighted by atomic mass is 10.9. The van der Waals surface area contributed by atoms with Crippen molar-refractivity contribution in [1.82, 2.24) is 0 Å². The summed E-state index contributed by atoms with van der Waals surface area (Å²) in [6.45, 7) is 1.27. The van der Waals surface area contributed by atoms with Gasteiger partial charge >= 0.3 is 16.3 Å². The lowest BCUT2D eigenvalue weighted by molar-refractivity contribution is 0.107. The van der Waals surface area contributed by atoms with E-state index in [0.717, 1.165) is 0 Å². The van der Waals surface area contributed by atoms with Gasteiger partial charge in [-0.05, 0) is 6.92 Å². The van der Waals surface area contributed by atoms with Gasteiger partial charge in [0.25, 0.3) is 10.1 Å². The second-order valence-electron chi connectivity index (χ2n) is 2.02. The number of carbonyl (C=O) groups excluding carboxylic acids is 1. The van der Waals surface area contributed by atoms with E-state index in [2.05, 4.69) is 8.92 Å². The SMILES string of the molecule is CCOC(=O)OS(=O)(=O)CS(=O)(=O)O. The molecule has 0 aliphatic heterocycles. The third-order valence-corrected chi connectivity index (χ3v) is 3.49. The number of hydrogen-bond acceptors (Lipinski definition) is 7. The van der Waals surface area contributed by atoms with Crippen molar-refractivity contribution in [3.63, 3.8) is 0 Å². The molecular formula is C4H8O8S2. The topological polar surface area (TPSA) is 124 Å². The van der Waals surface area contributed by atoms with E-state index in [0.29, 0.717) is 0 Å². The molecule has 0 saturated carbocycles. The molecule has 0 saturated heterocycles. The zero-order valence-corrected chi connectivity index (χ0v) is 8.67. The van der Waals surface area contributed by atoms with Crippen LogP contribution in [0.4, 0.5) is 4.79 Å². The van der Waals surface area contributed by atoms with Crippen LogP contribution in [0.1, 0.15) is 6.92 Å². The molecule has 0 aromatic heterocycles. The van der Waals surface area contributed by atoms with Gasteiger partial charge in [0.2, 0.25) is 5.08 Å². The first kappa shape index (κ1) is 13.1. The highest BCUT2D eigenvalue weighted by Crippen LogP contribution is 2.00. The maximum Gasteiger partial charge on any atom is 0.524 e. The Morgan fingerprint density at radius 1 is 1.29 bits per heavy atom. The Balaban J connectivity index is 4.45. The normalized spacial score (nSPS) is 12.1. The second kappa shape index (κ2) is 4.57. The number of carbonyl (C=O) groups is 1. The Hall–Kier alpha value is -0.870. The first-order valence-electron chi connectivity index (χ1n) is 3.20. The first-order valence-corrected chi connectivity index (χ1v) is 6.39. The molecule has 10 heteroatoms. The fourth-order valence-electron chi connectivity index (χ4n) is 0.452. The van der Waals surface area contributed by atoms with E-state index in [1.54, 1.807) is 0 Å². The van der Waals surface area contributed by atoms with E-state index >= 15 is 0 Å². The van der Waals surface area contributed by atoms with Gasteiger partial charge in [0, 0.05) is 0 Å². The van der Waals surface area contributed by atoms with Crippen LogP contribution < -0.4 is 0 Å². The smallest absolute Gasteiger partial charge is 0.434 e. The zero-order valence-electron chi connectivity index (χ0n) is 7.04. The van der Waals surface area contributed by atoms with Crippen LogP contribution in [0.2, 0.25) is 0 Å². The molecule has 0 aromatic carbocycles. The average Bonchev–Trinajstić information content (AvgIpc) is 1.78. The number of rotatable bonds is 4. The molecule has 8 nitrogen and oxygen atoms in total. The minimum absolute atomic E-state index is 0.125. The molecular weight excluding hydrogens is 240 g/mol. The molecule has 1 N–H and O–H groups in total. The predicted molar refractivity (Wildman–Crippen MR) is 43.4 cm³/mol. The molecule has 14 heavy (non-hydrogen) atoms. The number of ether oxygens (including phenoxy) is 1.